The van der Waals surface area contributed by atoms with E-state index < -0.39 is 0 Å². The van der Waals surface area contributed by atoms with Crippen LogP contribution in [0.4, 0.5) is 0 Å². The summed E-state index contributed by atoms with van der Waals surface area (Å²) in [6, 6.07) is 2.26. The normalized spacial score (nSPS) is 19.0. The molecule has 2 aromatic heterocycles. The molecule has 2 aromatic rings. The maximum absolute atomic E-state index is 5.64. The highest BCUT2D eigenvalue weighted by Crippen LogP contribution is 2.24. The van der Waals surface area contributed by atoms with Crippen LogP contribution in [0.2, 0.25) is 0 Å². The first-order chi connectivity index (χ1) is 10.3. The van der Waals surface area contributed by atoms with Gasteiger partial charge in [-0.1, -0.05) is 6.42 Å². The van der Waals surface area contributed by atoms with E-state index in [2.05, 4.69) is 20.9 Å². The molecular weight excluding hydrogens is 300 g/mol. The minimum Gasteiger partial charge on any atom is -0.304 e. The Bertz CT molecular complexity index is 697. The van der Waals surface area contributed by atoms with E-state index in [4.69, 9.17) is 17.3 Å². The second-order valence-corrected chi connectivity index (χ2v) is 7.34. The number of nitrogens with zero attached hydrogens (tertiary/aromatic N) is 4. The molecule has 0 saturated carbocycles. The van der Waals surface area contributed by atoms with Crippen LogP contribution in [0.1, 0.15) is 35.5 Å². The molecule has 0 spiro atoms. The van der Waals surface area contributed by atoms with E-state index in [0.717, 1.165) is 43.9 Å². The van der Waals surface area contributed by atoms with Gasteiger partial charge in [0.25, 0.3) is 0 Å². The van der Waals surface area contributed by atoms with Gasteiger partial charge in [0.1, 0.15) is 5.82 Å². The average molecular weight is 320 g/mol. The number of aromatic nitrogens is 3. The summed E-state index contributed by atoms with van der Waals surface area (Å²) in [6.07, 6.45) is 6.01. The molecule has 0 radical (unpaired) electrons. The SMILES string of the molecule is S=c1n(CN2CCc3sccc3C2)nc2n1CCCCC2. The number of aryl methyl sites for hydroxylation is 1. The minimum absolute atomic E-state index is 0.828. The van der Waals surface area contributed by atoms with Gasteiger partial charge in [-0.3, -0.25) is 4.90 Å². The number of thiophene rings is 1. The van der Waals surface area contributed by atoms with Crippen LogP contribution in [0, 0.1) is 4.77 Å². The molecule has 4 rings (SSSR count). The van der Waals surface area contributed by atoms with Gasteiger partial charge in [0.15, 0.2) is 4.77 Å². The quantitative estimate of drug-likeness (QED) is 0.795. The lowest BCUT2D eigenvalue weighted by atomic mass is 10.1. The molecule has 112 valence electrons. The lowest BCUT2D eigenvalue weighted by molar-refractivity contribution is 0.189. The van der Waals surface area contributed by atoms with Crippen molar-refractivity contribution < 1.29 is 0 Å². The molecule has 0 N–H and O–H groups in total. The van der Waals surface area contributed by atoms with E-state index in [1.807, 2.05) is 16.0 Å². The van der Waals surface area contributed by atoms with Gasteiger partial charge < -0.3 is 4.57 Å². The molecule has 0 fully saturated rings. The molecule has 0 unspecified atom stereocenters. The fourth-order valence-electron chi connectivity index (χ4n) is 3.33. The fraction of sp³-hybridized carbons (Fsp3) is 0.600. The smallest absolute Gasteiger partial charge is 0.199 e. The van der Waals surface area contributed by atoms with Crippen LogP contribution in [0.3, 0.4) is 0 Å². The van der Waals surface area contributed by atoms with Gasteiger partial charge in [-0.15, -0.1) is 11.3 Å². The summed E-state index contributed by atoms with van der Waals surface area (Å²) in [5.41, 5.74) is 1.48. The molecule has 0 bridgehead atoms. The van der Waals surface area contributed by atoms with Gasteiger partial charge in [0.2, 0.25) is 0 Å². The van der Waals surface area contributed by atoms with E-state index in [9.17, 15) is 0 Å². The monoisotopic (exact) mass is 320 g/mol. The van der Waals surface area contributed by atoms with Crippen molar-refractivity contribution in [3.05, 3.63) is 32.5 Å². The number of hydrogen-bond acceptors (Lipinski definition) is 4. The minimum atomic E-state index is 0.828. The van der Waals surface area contributed by atoms with Crippen molar-refractivity contribution in [2.45, 2.75) is 51.9 Å². The van der Waals surface area contributed by atoms with Gasteiger partial charge in [0, 0.05) is 30.9 Å². The highest BCUT2D eigenvalue weighted by molar-refractivity contribution is 7.71. The predicted octanol–water partition coefficient (Wildman–Crippen LogP) is 3.22. The first-order valence-corrected chi connectivity index (χ1v) is 9.04. The Balaban J connectivity index is 1.54. The van der Waals surface area contributed by atoms with Crippen LogP contribution in [0.15, 0.2) is 11.4 Å². The van der Waals surface area contributed by atoms with Gasteiger partial charge in [-0.2, -0.15) is 5.10 Å². The van der Waals surface area contributed by atoms with Crippen LogP contribution >= 0.6 is 23.6 Å². The van der Waals surface area contributed by atoms with Crippen molar-refractivity contribution in [1.82, 2.24) is 19.2 Å². The average Bonchev–Trinajstić information content (AvgIpc) is 2.97. The zero-order valence-corrected chi connectivity index (χ0v) is 13.8. The van der Waals surface area contributed by atoms with Crippen molar-refractivity contribution in [2.24, 2.45) is 0 Å². The first kappa shape index (κ1) is 13.7. The maximum atomic E-state index is 5.64. The lowest BCUT2D eigenvalue weighted by Crippen LogP contribution is -2.32. The van der Waals surface area contributed by atoms with Crippen LogP contribution in [-0.4, -0.2) is 25.8 Å². The molecule has 2 aliphatic rings. The van der Waals surface area contributed by atoms with Crippen molar-refractivity contribution in [2.75, 3.05) is 6.54 Å². The third-order valence-electron chi connectivity index (χ3n) is 4.50. The number of hydrogen-bond donors (Lipinski definition) is 0. The van der Waals surface area contributed by atoms with Crippen LogP contribution in [0.25, 0.3) is 0 Å². The van der Waals surface area contributed by atoms with Crippen molar-refractivity contribution in [3.63, 3.8) is 0 Å². The Morgan fingerprint density at radius 2 is 2.14 bits per heavy atom. The van der Waals surface area contributed by atoms with E-state index in [0.29, 0.717) is 0 Å². The summed E-state index contributed by atoms with van der Waals surface area (Å²) in [4.78, 5) is 4.01. The summed E-state index contributed by atoms with van der Waals surface area (Å²) < 4.78 is 5.19. The summed E-state index contributed by atoms with van der Waals surface area (Å²) in [5.74, 6) is 1.19. The third kappa shape index (κ3) is 2.60. The molecule has 4 heterocycles. The molecule has 0 atom stereocenters. The number of fused-ring (bicyclic) bond motifs is 2. The van der Waals surface area contributed by atoms with Gasteiger partial charge in [-0.25, -0.2) is 4.68 Å². The van der Waals surface area contributed by atoms with Crippen LogP contribution in [0.5, 0.6) is 0 Å². The lowest BCUT2D eigenvalue weighted by Gasteiger charge is -2.26. The molecule has 0 aromatic carbocycles. The van der Waals surface area contributed by atoms with E-state index >= 15 is 0 Å². The maximum Gasteiger partial charge on any atom is 0.199 e. The highest BCUT2D eigenvalue weighted by Gasteiger charge is 2.19. The summed E-state index contributed by atoms with van der Waals surface area (Å²) in [6.45, 7) is 4.01. The van der Waals surface area contributed by atoms with E-state index in [1.165, 1.54) is 30.7 Å². The largest absolute Gasteiger partial charge is 0.304 e. The van der Waals surface area contributed by atoms with Crippen molar-refractivity contribution in [3.8, 4) is 0 Å². The molecule has 21 heavy (non-hydrogen) atoms. The molecule has 6 heteroatoms. The van der Waals surface area contributed by atoms with E-state index in [-0.39, 0.29) is 0 Å². The zero-order valence-electron chi connectivity index (χ0n) is 12.1. The van der Waals surface area contributed by atoms with Crippen LogP contribution < -0.4 is 0 Å². The molecule has 2 aliphatic heterocycles. The first-order valence-electron chi connectivity index (χ1n) is 7.75. The summed E-state index contributed by atoms with van der Waals surface area (Å²) >= 11 is 7.53. The van der Waals surface area contributed by atoms with Gasteiger partial charge in [-0.05, 0) is 48.5 Å². The highest BCUT2D eigenvalue weighted by atomic mass is 32.1. The second kappa shape index (κ2) is 5.66. The Labute approximate surface area is 134 Å². The summed E-state index contributed by atoms with van der Waals surface area (Å²) in [7, 11) is 0. The molecule has 4 nitrogen and oxygen atoms in total. The Kier molecular flexibility index (Phi) is 3.69. The van der Waals surface area contributed by atoms with Crippen molar-refractivity contribution >= 4 is 23.6 Å². The molecule has 0 amide bonds. The topological polar surface area (TPSA) is 26.0 Å². The Morgan fingerprint density at radius 3 is 3.10 bits per heavy atom. The third-order valence-corrected chi connectivity index (χ3v) is 5.96. The molecule has 0 saturated heterocycles. The molecular formula is C15H20N4S2. The Morgan fingerprint density at radius 1 is 1.19 bits per heavy atom. The van der Waals surface area contributed by atoms with E-state index in [1.54, 1.807) is 4.88 Å². The standard InChI is InChI=1S/C15H20N4S2/c20-15-18-7-3-1-2-4-14(18)16-19(15)11-17-8-5-13-12(10-17)6-9-21-13/h6,9H,1-5,7-8,10-11H2. The second-order valence-electron chi connectivity index (χ2n) is 5.97. The zero-order chi connectivity index (χ0) is 14.2. The van der Waals surface area contributed by atoms with Crippen molar-refractivity contribution in [1.29, 1.82) is 0 Å². The Hall–Kier alpha value is -0.980. The van der Waals surface area contributed by atoms with Crippen LogP contribution in [-0.2, 0) is 32.6 Å². The number of rotatable bonds is 2. The fourth-order valence-corrected chi connectivity index (χ4v) is 4.52. The van der Waals surface area contributed by atoms with Gasteiger partial charge >= 0.3 is 0 Å². The predicted molar refractivity (Wildman–Crippen MR) is 87.0 cm³/mol. The summed E-state index contributed by atoms with van der Waals surface area (Å²) in [5, 5.41) is 6.99. The van der Waals surface area contributed by atoms with Gasteiger partial charge in [0.05, 0.1) is 6.67 Å². The molecule has 0 aliphatic carbocycles.